The van der Waals surface area contributed by atoms with Crippen molar-refractivity contribution in [3.8, 4) is 0 Å². The lowest BCUT2D eigenvalue weighted by molar-refractivity contribution is 0.112. The van der Waals surface area contributed by atoms with Crippen molar-refractivity contribution in [2.75, 3.05) is 19.8 Å². The van der Waals surface area contributed by atoms with Crippen LogP contribution in [0, 0.1) is 0 Å². The fourth-order valence-electron chi connectivity index (χ4n) is 2.91. The molecule has 4 heteroatoms. The van der Waals surface area contributed by atoms with Crippen LogP contribution in [0.5, 0.6) is 0 Å². The molecule has 0 spiro atoms. The van der Waals surface area contributed by atoms with Crippen molar-refractivity contribution in [3.05, 3.63) is 12.2 Å². The van der Waals surface area contributed by atoms with Gasteiger partial charge in [-0.1, -0.05) is 63.5 Å². The molecule has 0 rings (SSSR count). The van der Waals surface area contributed by atoms with Gasteiger partial charge in [0, 0.05) is 6.61 Å². The molecule has 0 aliphatic rings. The monoisotopic (exact) mass is 343 g/mol. The van der Waals surface area contributed by atoms with Crippen LogP contribution < -0.4 is 5.73 Å². The summed E-state index contributed by atoms with van der Waals surface area (Å²) in [5.41, 5.74) is 6.43. The van der Waals surface area contributed by atoms with E-state index >= 15 is 0 Å². The van der Waals surface area contributed by atoms with E-state index < -0.39 is 5.54 Å². The van der Waals surface area contributed by atoms with Crippen molar-refractivity contribution >= 4 is 0 Å². The van der Waals surface area contributed by atoms with Crippen LogP contribution in [0.3, 0.4) is 0 Å². The smallest absolute Gasteiger partial charge is 0.0633 e. The average molecular weight is 344 g/mol. The van der Waals surface area contributed by atoms with Crippen molar-refractivity contribution in [2.45, 2.75) is 95.4 Å². The second kappa shape index (κ2) is 16.1. The quantitative estimate of drug-likeness (QED) is 0.226. The lowest BCUT2D eigenvalue weighted by Crippen LogP contribution is -2.47. The minimum atomic E-state index is -0.799. The predicted molar refractivity (Wildman–Crippen MR) is 102 cm³/mol. The summed E-state index contributed by atoms with van der Waals surface area (Å²) in [6.45, 7) is 4.22. The lowest BCUT2D eigenvalue weighted by atomic mass is 9.94. The highest BCUT2D eigenvalue weighted by Gasteiger charge is 2.21. The largest absolute Gasteiger partial charge is 0.396 e. The minimum absolute atomic E-state index is 0.148. The summed E-state index contributed by atoms with van der Waals surface area (Å²) in [5, 5.41) is 27.0. The van der Waals surface area contributed by atoms with Gasteiger partial charge in [0.1, 0.15) is 0 Å². The molecule has 0 heterocycles. The van der Waals surface area contributed by atoms with Crippen molar-refractivity contribution in [1.29, 1.82) is 0 Å². The predicted octanol–water partition coefficient (Wildman–Crippen LogP) is 3.68. The molecule has 4 nitrogen and oxygen atoms in total. The summed E-state index contributed by atoms with van der Waals surface area (Å²) >= 11 is 0. The van der Waals surface area contributed by atoms with Crippen molar-refractivity contribution in [1.82, 2.24) is 0 Å². The molecule has 0 aromatic carbocycles. The van der Waals surface area contributed by atoms with E-state index in [1.807, 2.05) is 0 Å². The number of rotatable bonds is 18. The Kier molecular flexibility index (Phi) is 15.8. The first-order valence-corrected chi connectivity index (χ1v) is 9.86. The molecule has 0 bridgehead atoms. The van der Waals surface area contributed by atoms with Crippen LogP contribution in [0.4, 0.5) is 0 Å². The van der Waals surface area contributed by atoms with Crippen molar-refractivity contribution in [3.63, 3.8) is 0 Å². The first-order valence-electron chi connectivity index (χ1n) is 9.86. The zero-order chi connectivity index (χ0) is 18.1. The van der Waals surface area contributed by atoms with Gasteiger partial charge in [-0.25, -0.2) is 0 Å². The molecule has 144 valence electrons. The van der Waals surface area contributed by atoms with E-state index in [2.05, 4.69) is 6.58 Å². The normalized spacial score (nSPS) is 11.8. The molecule has 0 fully saturated rings. The van der Waals surface area contributed by atoms with Gasteiger partial charge >= 0.3 is 0 Å². The van der Waals surface area contributed by atoms with Crippen LogP contribution in [0.15, 0.2) is 12.2 Å². The molecule has 0 saturated heterocycles. The molecule has 0 atom stereocenters. The Balaban J connectivity index is 3.34. The molecular formula is C20H41NO3. The van der Waals surface area contributed by atoms with Gasteiger partial charge in [-0.3, -0.25) is 0 Å². The zero-order valence-electron chi connectivity index (χ0n) is 15.6. The van der Waals surface area contributed by atoms with Crippen LogP contribution in [0.2, 0.25) is 0 Å². The number of allylic oxidation sites excluding steroid dienone is 1. The van der Waals surface area contributed by atoms with E-state index in [-0.39, 0.29) is 13.2 Å². The summed E-state index contributed by atoms with van der Waals surface area (Å²) in [6, 6.07) is 0. The number of unbranched alkanes of at least 4 members (excludes halogenated alkanes) is 9. The molecule has 24 heavy (non-hydrogen) atoms. The standard InChI is InChI=1S/C20H41NO3/c1-19(13-9-5-2-3-8-12-16-22)14-10-6-4-7-11-15-20(21,17-23)18-24/h22-24H,1-18,21H2. The van der Waals surface area contributed by atoms with Gasteiger partial charge < -0.3 is 21.1 Å². The van der Waals surface area contributed by atoms with E-state index in [0.29, 0.717) is 13.0 Å². The molecule has 0 aromatic heterocycles. The van der Waals surface area contributed by atoms with Crippen LogP contribution in [0.25, 0.3) is 0 Å². The average Bonchev–Trinajstić information content (AvgIpc) is 2.59. The molecule has 0 aliphatic carbocycles. The number of hydrogen-bond donors (Lipinski definition) is 4. The second-order valence-corrected chi connectivity index (χ2v) is 7.29. The Hall–Kier alpha value is -0.420. The molecule has 0 radical (unpaired) electrons. The third-order valence-corrected chi connectivity index (χ3v) is 4.77. The Morgan fingerprint density at radius 3 is 1.54 bits per heavy atom. The second-order valence-electron chi connectivity index (χ2n) is 7.29. The maximum absolute atomic E-state index is 9.12. The summed E-state index contributed by atoms with van der Waals surface area (Å²) in [7, 11) is 0. The highest BCUT2D eigenvalue weighted by Crippen LogP contribution is 2.18. The third kappa shape index (κ3) is 14.0. The summed E-state index contributed by atoms with van der Waals surface area (Å²) in [4.78, 5) is 0. The number of aliphatic hydroxyl groups excluding tert-OH is 3. The highest BCUT2D eigenvalue weighted by atomic mass is 16.3. The Morgan fingerprint density at radius 2 is 1.08 bits per heavy atom. The fourth-order valence-corrected chi connectivity index (χ4v) is 2.91. The molecular weight excluding hydrogens is 302 g/mol. The van der Waals surface area contributed by atoms with Gasteiger partial charge in [0.05, 0.1) is 18.8 Å². The maximum atomic E-state index is 9.12. The van der Waals surface area contributed by atoms with Gasteiger partial charge in [-0.05, 0) is 38.5 Å². The number of nitrogens with two attached hydrogens (primary N) is 1. The van der Waals surface area contributed by atoms with Crippen LogP contribution >= 0.6 is 0 Å². The SMILES string of the molecule is C=C(CCCCCCCCO)CCCCCCCC(N)(CO)CO. The zero-order valence-corrected chi connectivity index (χ0v) is 15.6. The topological polar surface area (TPSA) is 86.7 Å². The molecule has 5 N–H and O–H groups in total. The van der Waals surface area contributed by atoms with Gasteiger partial charge in [0.15, 0.2) is 0 Å². The Bertz CT molecular complexity index is 291. The van der Waals surface area contributed by atoms with Crippen molar-refractivity contribution in [2.24, 2.45) is 5.73 Å². The van der Waals surface area contributed by atoms with E-state index in [4.69, 9.17) is 21.1 Å². The molecule has 0 aliphatic heterocycles. The van der Waals surface area contributed by atoms with Crippen LogP contribution in [-0.2, 0) is 0 Å². The van der Waals surface area contributed by atoms with Gasteiger partial charge in [-0.2, -0.15) is 0 Å². The minimum Gasteiger partial charge on any atom is -0.396 e. The fraction of sp³-hybridized carbons (Fsp3) is 0.900. The Morgan fingerprint density at radius 1 is 0.667 bits per heavy atom. The van der Waals surface area contributed by atoms with E-state index in [0.717, 1.165) is 38.5 Å². The maximum Gasteiger partial charge on any atom is 0.0633 e. The molecule has 0 amide bonds. The lowest BCUT2D eigenvalue weighted by Gasteiger charge is -2.24. The van der Waals surface area contributed by atoms with Crippen LogP contribution in [0.1, 0.15) is 89.9 Å². The van der Waals surface area contributed by atoms with E-state index in [1.54, 1.807) is 0 Å². The number of hydrogen-bond acceptors (Lipinski definition) is 4. The van der Waals surface area contributed by atoms with Gasteiger partial charge in [-0.15, -0.1) is 0 Å². The van der Waals surface area contributed by atoms with Crippen molar-refractivity contribution < 1.29 is 15.3 Å². The number of aliphatic hydroxyl groups is 3. The molecule has 0 unspecified atom stereocenters. The highest BCUT2D eigenvalue weighted by molar-refractivity contribution is 4.93. The molecule has 0 aromatic rings. The summed E-state index contributed by atoms with van der Waals surface area (Å²) in [6.07, 6.45) is 15.8. The third-order valence-electron chi connectivity index (χ3n) is 4.77. The van der Waals surface area contributed by atoms with E-state index in [1.165, 1.54) is 50.5 Å². The summed E-state index contributed by atoms with van der Waals surface area (Å²) in [5.74, 6) is 0. The Labute approximate surface area is 149 Å². The van der Waals surface area contributed by atoms with Gasteiger partial charge in [0.2, 0.25) is 0 Å². The first-order chi connectivity index (χ1) is 11.6. The first kappa shape index (κ1) is 23.6. The van der Waals surface area contributed by atoms with Crippen LogP contribution in [-0.4, -0.2) is 40.7 Å². The van der Waals surface area contributed by atoms with E-state index in [9.17, 15) is 0 Å². The van der Waals surface area contributed by atoms with Gasteiger partial charge in [0.25, 0.3) is 0 Å². The summed E-state index contributed by atoms with van der Waals surface area (Å²) < 4.78 is 0. The molecule has 0 saturated carbocycles.